The average Bonchev–Trinajstić information content (AvgIpc) is 2.50. The van der Waals surface area contributed by atoms with Gasteiger partial charge in [-0.2, -0.15) is 0 Å². The van der Waals surface area contributed by atoms with Crippen LogP contribution >= 0.6 is 0 Å². The first kappa shape index (κ1) is 18.5. The van der Waals surface area contributed by atoms with Crippen molar-refractivity contribution in [3.05, 3.63) is 36.4 Å². The van der Waals surface area contributed by atoms with Crippen molar-refractivity contribution in [3.8, 4) is 11.5 Å². The molecular weight excluding hydrogens is 276 g/mol. The first-order valence-corrected chi connectivity index (χ1v) is 7.93. The Morgan fingerprint density at radius 3 is 2.68 bits per heavy atom. The van der Waals surface area contributed by atoms with Crippen molar-refractivity contribution >= 4 is 0 Å². The lowest BCUT2D eigenvalue weighted by atomic mass is 10.1. The molecule has 4 heteroatoms. The number of methoxy groups -OCH3 is 1. The van der Waals surface area contributed by atoms with Gasteiger partial charge in [0.15, 0.2) is 11.5 Å². The van der Waals surface area contributed by atoms with Gasteiger partial charge in [-0.15, -0.1) is 6.58 Å². The number of nitrogens with zero attached hydrogens (tertiary/aromatic N) is 1. The van der Waals surface area contributed by atoms with Crippen molar-refractivity contribution in [2.45, 2.75) is 19.3 Å². The Labute approximate surface area is 135 Å². The third kappa shape index (κ3) is 7.48. The molecule has 0 unspecified atom stereocenters. The first-order valence-electron chi connectivity index (χ1n) is 7.93. The molecule has 1 rings (SSSR count). The van der Waals surface area contributed by atoms with Crippen LogP contribution in [0.2, 0.25) is 0 Å². The second kappa shape index (κ2) is 11.1. The van der Waals surface area contributed by atoms with E-state index < -0.39 is 0 Å². The molecule has 0 aliphatic carbocycles. The molecule has 0 aliphatic heterocycles. The van der Waals surface area contributed by atoms with Crippen molar-refractivity contribution in [2.75, 3.05) is 47.4 Å². The second-order valence-electron chi connectivity index (χ2n) is 5.59. The Morgan fingerprint density at radius 2 is 2.00 bits per heavy atom. The van der Waals surface area contributed by atoms with Gasteiger partial charge in [0.2, 0.25) is 0 Å². The van der Waals surface area contributed by atoms with Crippen LogP contribution in [0, 0.1) is 0 Å². The SMILES string of the molecule is C=CCc1ccc(OCCCCNCCN(C)C)c(OC)c1. The largest absolute Gasteiger partial charge is 0.493 e. The minimum Gasteiger partial charge on any atom is -0.493 e. The number of allylic oxidation sites excluding steroid dienone is 1. The van der Waals surface area contributed by atoms with Crippen LogP contribution in [0.5, 0.6) is 11.5 Å². The molecule has 0 aliphatic rings. The van der Waals surface area contributed by atoms with Gasteiger partial charge in [0.1, 0.15) is 0 Å². The van der Waals surface area contributed by atoms with Crippen LogP contribution in [-0.4, -0.2) is 52.3 Å². The van der Waals surface area contributed by atoms with E-state index in [0.29, 0.717) is 6.61 Å². The normalized spacial score (nSPS) is 10.7. The third-order valence-electron chi connectivity index (χ3n) is 3.35. The molecule has 0 fully saturated rings. The van der Waals surface area contributed by atoms with Crippen molar-refractivity contribution in [3.63, 3.8) is 0 Å². The van der Waals surface area contributed by atoms with Gasteiger partial charge in [-0.25, -0.2) is 0 Å². The number of hydrogen-bond donors (Lipinski definition) is 1. The van der Waals surface area contributed by atoms with E-state index in [9.17, 15) is 0 Å². The summed E-state index contributed by atoms with van der Waals surface area (Å²) >= 11 is 0. The molecule has 0 radical (unpaired) electrons. The van der Waals surface area contributed by atoms with Gasteiger partial charge in [0, 0.05) is 13.1 Å². The monoisotopic (exact) mass is 306 g/mol. The molecule has 22 heavy (non-hydrogen) atoms. The predicted octanol–water partition coefficient (Wildman–Crippen LogP) is 2.73. The van der Waals surface area contributed by atoms with Crippen LogP contribution in [0.25, 0.3) is 0 Å². The zero-order valence-electron chi connectivity index (χ0n) is 14.2. The molecule has 0 saturated carbocycles. The lowest BCUT2D eigenvalue weighted by Gasteiger charge is -2.12. The van der Waals surface area contributed by atoms with Crippen LogP contribution in [0.3, 0.4) is 0 Å². The van der Waals surface area contributed by atoms with Gasteiger partial charge in [0.25, 0.3) is 0 Å². The molecule has 124 valence electrons. The van der Waals surface area contributed by atoms with Gasteiger partial charge in [-0.05, 0) is 57.6 Å². The van der Waals surface area contributed by atoms with Gasteiger partial charge < -0.3 is 19.7 Å². The predicted molar refractivity (Wildman–Crippen MR) is 93.0 cm³/mol. The number of hydrogen-bond acceptors (Lipinski definition) is 4. The number of benzene rings is 1. The van der Waals surface area contributed by atoms with Gasteiger partial charge >= 0.3 is 0 Å². The van der Waals surface area contributed by atoms with Gasteiger partial charge in [-0.3, -0.25) is 0 Å². The highest BCUT2D eigenvalue weighted by atomic mass is 16.5. The van der Waals surface area contributed by atoms with E-state index in [1.165, 1.54) is 5.56 Å². The highest BCUT2D eigenvalue weighted by Crippen LogP contribution is 2.28. The van der Waals surface area contributed by atoms with Crippen molar-refractivity contribution in [1.29, 1.82) is 0 Å². The van der Waals surface area contributed by atoms with Crippen LogP contribution in [-0.2, 0) is 6.42 Å². The third-order valence-corrected chi connectivity index (χ3v) is 3.35. The van der Waals surface area contributed by atoms with E-state index in [-0.39, 0.29) is 0 Å². The van der Waals surface area contributed by atoms with Crippen molar-refractivity contribution in [1.82, 2.24) is 10.2 Å². The summed E-state index contributed by atoms with van der Waals surface area (Å²) in [5, 5.41) is 3.43. The lowest BCUT2D eigenvalue weighted by molar-refractivity contribution is 0.285. The smallest absolute Gasteiger partial charge is 0.161 e. The van der Waals surface area contributed by atoms with E-state index in [2.05, 4.69) is 37.0 Å². The summed E-state index contributed by atoms with van der Waals surface area (Å²) in [6.07, 6.45) is 4.88. The molecule has 1 aromatic rings. The Balaban J connectivity index is 2.23. The molecule has 1 aromatic carbocycles. The Morgan fingerprint density at radius 1 is 1.18 bits per heavy atom. The topological polar surface area (TPSA) is 33.7 Å². The molecule has 0 spiro atoms. The summed E-state index contributed by atoms with van der Waals surface area (Å²) in [6, 6.07) is 6.05. The minimum absolute atomic E-state index is 0.715. The molecule has 0 bridgehead atoms. The fourth-order valence-corrected chi connectivity index (χ4v) is 2.09. The maximum atomic E-state index is 5.82. The molecule has 0 atom stereocenters. The van der Waals surface area contributed by atoms with E-state index in [1.54, 1.807) is 7.11 Å². The maximum Gasteiger partial charge on any atom is 0.161 e. The van der Waals surface area contributed by atoms with E-state index >= 15 is 0 Å². The van der Waals surface area contributed by atoms with E-state index in [0.717, 1.165) is 50.4 Å². The van der Waals surface area contributed by atoms with Crippen LogP contribution in [0.1, 0.15) is 18.4 Å². The second-order valence-corrected chi connectivity index (χ2v) is 5.59. The number of unbranched alkanes of at least 4 members (excludes halogenated alkanes) is 1. The van der Waals surface area contributed by atoms with Crippen molar-refractivity contribution < 1.29 is 9.47 Å². The highest BCUT2D eigenvalue weighted by Gasteiger charge is 2.05. The number of rotatable bonds is 12. The highest BCUT2D eigenvalue weighted by molar-refractivity contribution is 5.43. The van der Waals surface area contributed by atoms with E-state index in [1.807, 2.05) is 18.2 Å². The number of nitrogens with one attached hydrogen (secondary N) is 1. The summed E-state index contributed by atoms with van der Waals surface area (Å²) in [5.41, 5.74) is 1.18. The van der Waals surface area contributed by atoms with Gasteiger partial charge in [-0.1, -0.05) is 12.1 Å². The Bertz CT molecular complexity index is 433. The summed E-state index contributed by atoms with van der Waals surface area (Å²) in [6.45, 7) is 7.61. The summed E-state index contributed by atoms with van der Waals surface area (Å²) in [7, 11) is 5.85. The Hall–Kier alpha value is -1.52. The maximum absolute atomic E-state index is 5.82. The standard InChI is InChI=1S/C18H30N2O2/c1-5-8-16-9-10-17(18(15-16)21-4)22-14-7-6-11-19-12-13-20(2)3/h5,9-10,15,19H,1,6-8,11-14H2,2-4H3. The van der Waals surface area contributed by atoms with Crippen LogP contribution in [0.4, 0.5) is 0 Å². The lowest BCUT2D eigenvalue weighted by Crippen LogP contribution is -2.27. The summed E-state index contributed by atoms with van der Waals surface area (Å²) in [4.78, 5) is 2.18. The summed E-state index contributed by atoms with van der Waals surface area (Å²) in [5.74, 6) is 1.61. The van der Waals surface area contributed by atoms with E-state index in [4.69, 9.17) is 9.47 Å². The number of ether oxygens (including phenoxy) is 2. The fraction of sp³-hybridized carbons (Fsp3) is 0.556. The zero-order valence-corrected chi connectivity index (χ0v) is 14.2. The first-order chi connectivity index (χ1) is 10.7. The molecule has 1 N–H and O–H groups in total. The van der Waals surface area contributed by atoms with Crippen LogP contribution < -0.4 is 14.8 Å². The summed E-state index contributed by atoms with van der Waals surface area (Å²) < 4.78 is 11.2. The van der Waals surface area contributed by atoms with Crippen molar-refractivity contribution in [2.24, 2.45) is 0 Å². The fourth-order valence-electron chi connectivity index (χ4n) is 2.09. The Kier molecular flexibility index (Phi) is 9.35. The average molecular weight is 306 g/mol. The number of likely N-dealkylation sites (N-methyl/N-ethyl adjacent to an activating group) is 1. The molecule has 4 nitrogen and oxygen atoms in total. The zero-order chi connectivity index (χ0) is 16.2. The van der Waals surface area contributed by atoms with Crippen LogP contribution in [0.15, 0.2) is 30.9 Å². The molecule has 0 heterocycles. The molecule has 0 aromatic heterocycles. The molecular formula is C18H30N2O2. The van der Waals surface area contributed by atoms with Gasteiger partial charge in [0.05, 0.1) is 13.7 Å². The quantitative estimate of drug-likeness (QED) is 0.475. The molecule has 0 amide bonds. The molecule has 0 saturated heterocycles. The minimum atomic E-state index is 0.715.